The average Bonchev–Trinajstić information content (AvgIpc) is 1.59. The fourth-order valence-electron chi connectivity index (χ4n) is 0.384. The number of nitrogens with two attached hydrogens (primary N) is 1. The van der Waals surface area contributed by atoms with Crippen LogP contribution >= 0.6 is 0 Å². The molecular formula is C5H14N2O3. The number of hydrogen-bond acceptors (Lipinski definition) is 3. The molecule has 5 heteroatoms. The first-order chi connectivity index (χ1) is 3.92. The first-order valence-electron chi connectivity index (χ1n) is 2.75. The highest BCUT2D eigenvalue weighted by atomic mass is 16.4. The second-order valence-electron chi connectivity index (χ2n) is 2.65. The zero-order chi connectivity index (χ0) is 7.49. The van der Waals surface area contributed by atoms with Gasteiger partial charge in [0.25, 0.3) is 0 Å². The predicted octanol–water partition coefficient (Wildman–Crippen LogP) is -0.766. The fraction of sp³-hybridized carbons (Fsp3) is 0.800. The second-order valence-corrected chi connectivity index (χ2v) is 2.65. The minimum atomic E-state index is -0.799. The van der Waals surface area contributed by atoms with Crippen molar-refractivity contribution in [3.63, 3.8) is 0 Å². The molecule has 62 valence electrons. The van der Waals surface area contributed by atoms with E-state index < -0.39 is 5.97 Å². The van der Waals surface area contributed by atoms with E-state index in [-0.39, 0.29) is 16.5 Å². The molecule has 0 heterocycles. The van der Waals surface area contributed by atoms with Gasteiger partial charge in [-0.2, -0.15) is 5.84 Å². The van der Waals surface area contributed by atoms with Crippen molar-refractivity contribution in [2.45, 2.75) is 6.42 Å². The summed E-state index contributed by atoms with van der Waals surface area (Å²) in [6.45, 7) is 0.468. The van der Waals surface area contributed by atoms with Crippen molar-refractivity contribution in [3.8, 4) is 0 Å². The third-order valence-corrected chi connectivity index (χ3v) is 0.902. The van der Waals surface area contributed by atoms with Crippen LogP contribution in [0.1, 0.15) is 6.42 Å². The molecule has 0 unspecified atom stereocenters. The number of carbonyl (C=O) groups is 1. The van der Waals surface area contributed by atoms with Crippen molar-refractivity contribution >= 4 is 5.97 Å². The lowest BCUT2D eigenvalue weighted by molar-refractivity contribution is -0.901. The van der Waals surface area contributed by atoms with Crippen molar-refractivity contribution < 1.29 is 20.0 Å². The minimum absolute atomic E-state index is 0. The summed E-state index contributed by atoms with van der Waals surface area (Å²) in [4.78, 5) is 9.98. The Labute approximate surface area is 59.9 Å². The molecule has 0 rings (SSSR count). The van der Waals surface area contributed by atoms with E-state index in [1.807, 2.05) is 0 Å². The van der Waals surface area contributed by atoms with Crippen LogP contribution in [-0.4, -0.2) is 41.8 Å². The zero-order valence-electron chi connectivity index (χ0n) is 6.24. The SMILES string of the molecule is C[N+](C)(N)CCC(=O)O.[OH-]. The second kappa shape index (κ2) is 4.21. The van der Waals surface area contributed by atoms with Gasteiger partial charge in [0.15, 0.2) is 0 Å². The molecule has 4 N–H and O–H groups in total. The number of carboxylic acid groups (broad SMARTS) is 1. The Bertz CT molecular complexity index is 108. The van der Waals surface area contributed by atoms with Gasteiger partial charge in [0, 0.05) is 0 Å². The molecule has 0 atom stereocenters. The van der Waals surface area contributed by atoms with E-state index in [2.05, 4.69) is 0 Å². The molecule has 5 nitrogen and oxygen atoms in total. The molecule has 10 heavy (non-hydrogen) atoms. The van der Waals surface area contributed by atoms with E-state index in [0.29, 0.717) is 6.54 Å². The third kappa shape index (κ3) is 10.4. The van der Waals surface area contributed by atoms with Crippen LogP contribution in [0.25, 0.3) is 0 Å². The minimum Gasteiger partial charge on any atom is -0.870 e. The Kier molecular flexibility index (Phi) is 5.08. The van der Waals surface area contributed by atoms with Gasteiger partial charge in [-0.25, -0.2) is 0 Å². The topological polar surface area (TPSA) is 93.3 Å². The maximum atomic E-state index is 9.98. The van der Waals surface area contributed by atoms with Gasteiger partial charge in [-0.05, 0) is 0 Å². The van der Waals surface area contributed by atoms with E-state index in [4.69, 9.17) is 10.9 Å². The number of nitrogens with zero attached hydrogens (tertiary/aromatic N) is 1. The van der Waals surface area contributed by atoms with E-state index >= 15 is 0 Å². The standard InChI is InChI=1S/C5H12N2O2.H2O/c1-7(2,6)4-3-5(8)9;/h3-4,6H2,1-2H3;1H2. The maximum absolute atomic E-state index is 9.98. The van der Waals surface area contributed by atoms with E-state index in [0.717, 1.165) is 0 Å². The van der Waals surface area contributed by atoms with Gasteiger partial charge in [-0.15, -0.1) is 0 Å². The van der Waals surface area contributed by atoms with Crippen molar-refractivity contribution in [1.29, 1.82) is 0 Å². The van der Waals surface area contributed by atoms with E-state index in [1.165, 1.54) is 0 Å². The lowest BCUT2D eigenvalue weighted by Crippen LogP contribution is -2.47. The molecule has 0 aromatic carbocycles. The van der Waals surface area contributed by atoms with Crippen LogP contribution in [0.15, 0.2) is 0 Å². The number of aliphatic carboxylic acids is 1. The fourth-order valence-corrected chi connectivity index (χ4v) is 0.384. The average molecular weight is 150 g/mol. The Morgan fingerprint density at radius 1 is 1.60 bits per heavy atom. The van der Waals surface area contributed by atoms with Crippen molar-refractivity contribution in [2.75, 3.05) is 20.6 Å². The van der Waals surface area contributed by atoms with Crippen LogP contribution in [-0.2, 0) is 4.79 Å². The summed E-state index contributed by atoms with van der Waals surface area (Å²) < 4.78 is 0.215. The number of hydrogen-bond donors (Lipinski definition) is 2. The van der Waals surface area contributed by atoms with Crippen molar-refractivity contribution in [1.82, 2.24) is 0 Å². The lowest BCUT2D eigenvalue weighted by Gasteiger charge is -2.20. The summed E-state index contributed by atoms with van der Waals surface area (Å²) in [7, 11) is 3.51. The third-order valence-electron chi connectivity index (χ3n) is 0.902. The van der Waals surface area contributed by atoms with Gasteiger partial charge in [0.1, 0.15) is 6.54 Å². The molecular weight excluding hydrogens is 136 g/mol. The molecule has 0 radical (unpaired) electrons. The van der Waals surface area contributed by atoms with E-state index in [1.54, 1.807) is 14.1 Å². The lowest BCUT2D eigenvalue weighted by atomic mass is 10.4. The first-order valence-corrected chi connectivity index (χ1v) is 2.75. The molecule has 0 aliphatic heterocycles. The van der Waals surface area contributed by atoms with Gasteiger partial charge in [0.2, 0.25) is 0 Å². The largest absolute Gasteiger partial charge is 0.870 e. The molecule has 0 aliphatic rings. The van der Waals surface area contributed by atoms with Crippen LogP contribution in [0.5, 0.6) is 0 Å². The number of quaternary nitrogens is 1. The summed E-state index contributed by atoms with van der Waals surface area (Å²) in [5.41, 5.74) is 0. The summed E-state index contributed by atoms with van der Waals surface area (Å²) in [5, 5.41) is 8.21. The van der Waals surface area contributed by atoms with Crippen LogP contribution in [0.2, 0.25) is 0 Å². The Balaban J connectivity index is 0. The maximum Gasteiger partial charge on any atom is 0.309 e. The normalized spacial score (nSPS) is 10.3. The van der Waals surface area contributed by atoms with Crippen LogP contribution in [0.4, 0.5) is 0 Å². The zero-order valence-corrected chi connectivity index (χ0v) is 6.24. The van der Waals surface area contributed by atoms with Crippen LogP contribution in [0, 0.1) is 0 Å². The predicted molar refractivity (Wildman–Crippen MR) is 35.4 cm³/mol. The van der Waals surface area contributed by atoms with Crippen molar-refractivity contribution in [3.05, 3.63) is 0 Å². The molecule has 0 amide bonds. The number of carboxylic acids is 1. The number of rotatable bonds is 3. The first kappa shape index (κ1) is 12.1. The van der Waals surface area contributed by atoms with Gasteiger partial charge >= 0.3 is 5.97 Å². The van der Waals surface area contributed by atoms with Gasteiger partial charge in [-0.1, -0.05) is 0 Å². The summed E-state index contributed by atoms with van der Waals surface area (Å²) >= 11 is 0. The smallest absolute Gasteiger partial charge is 0.309 e. The van der Waals surface area contributed by atoms with E-state index in [9.17, 15) is 4.79 Å². The highest BCUT2D eigenvalue weighted by Gasteiger charge is 2.09. The molecule has 0 bridgehead atoms. The van der Waals surface area contributed by atoms with Gasteiger partial charge in [0.05, 0.1) is 20.5 Å². The molecule has 0 aromatic rings. The molecule has 0 saturated carbocycles. The summed E-state index contributed by atoms with van der Waals surface area (Å²) in [6, 6.07) is 0. The molecule has 0 spiro atoms. The Morgan fingerprint density at radius 2 is 2.00 bits per heavy atom. The molecule has 0 saturated heterocycles. The molecule has 0 fully saturated rings. The summed E-state index contributed by atoms with van der Waals surface area (Å²) in [6.07, 6.45) is 0.128. The van der Waals surface area contributed by atoms with Crippen LogP contribution in [0.3, 0.4) is 0 Å². The van der Waals surface area contributed by atoms with Gasteiger partial charge in [-0.3, -0.25) is 9.39 Å². The van der Waals surface area contributed by atoms with Crippen molar-refractivity contribution in [2.24, 2.45) is 5.84 Å². The summed E-state index contributed by atoms with van der Waals surface area (Å²) in [5.74, 6) is 4.66. The monoisotopic (exact) mass is 150 g/mol. The Morgan fingerprint density at radius 3 is 2.10 bits per heavy atom. The van der Waals surface area contributed by atoms with Crippen LogP contribution < -0.4 is 5.84 Å². The molecule has 0 aliphatic carbocycles. The van der Waals surface area contributed by atoms with Gasteiger partial charge < -0.3 is 10.6 Å². The highest BCUT2D eigenvalue weighted by Crippen LogP contribution is 1.88. The Hall–Kier alpha value is -0.650. The molecule has 0 aromatic heterocycles. The quantitative estimate of drug-likeness (QED) is 0.314. The highest BCUT2D eigenvalue weighted by molar-refractivity contribution is 5.66.